The average Bonchev–Trinajstić information content (AvgIpc) is 3.27. The van der Waals surface area contributed by atoms with E-state index in [9.17, 15) is 19.5 Å². The number of hydrogen-bond acceptors (Lipinski definition) is 11. The molecule has 0 saturated carbocycles. The van der Waals surface area contributed by atoms with Crippen molar-refractivity contribution in [3.05, 3.63) is 51.8 Å². The van der Waals surface area contributed by atoms with Gasteiger partial charge in [-0.15, -0.1) is 10.2 Å². The number of ether oxygens (including phenoxy) is 3. The summed E-state index contributed by atoms with van der Waals surface area (Å²) in [5, 5.41) is 29.3. The third-order valence-electron chi connectivity index (χ3n) is 6.40. The van der Waals surface area contributed by atoms with E-state index in [0.29, 0.717) is 19.6 Å². The normalized spacial score (nSPS) is 24.8. The molecular weight excluding hydrogens is 472 g/mol. The predicted molar refractivity (Wildman–Crippen MR) is 123 cm³/mol. The van der Waals surface area contributed by atoms with E-state index < -0.39 is 34.6 Å². The fourth-order valence-electron chi connectivity index (χ4n) is 4.07. The molecular formula is C23H28N6O7. The van der Waals surface area contributed by atoms with Crippen LogP contribution in [0.2, 0.25) is 0 Å². The van der Waals surface area contributed by atoms with Crippen molar-refractivity contribution in [3.8, 4) is 5.88 Å². The number of rotatable bonds is 8. The molecule has 3 atom stereocenters. The lowest BCUT2D eigenvalue weighted by Crippen LogP contribution is -2.63. The maximum absolute atomic E-state index is 13.8. The number of hydrogen-bond donors (Lipinski definition) is 2. The van der Waals surface area contributed by atoms with Crippen molar-refractivity contribution in [2.75, 3.05) is 6.61 Å². The molecule has 1 aliphatic heterocycles. The van der Waals surface area contributed by atoms with Crippen molar-refractivity contribution < 1.29 is 28.9 Å². The lowest BCUT2D eigenvalue weighted by molar-refractivity contribution is -0.186. The third-order valence-corrected chi connectivity index (χ3v) is 6.40. The summed E-state index contributed by atoms with van der Waals surface area (Å²) in [7, 11) is 0. The maximum Gasteiger partial charge on any atom is 0.305 e. The minimum absolute atomic E-state index is 0.0205. The number of aliphatic hydroxyl groups is 1. The molecule has 2 aliphatic rings. The molecule has 4 rings (SSSR count). The quantitative estimate of drug-likeness (QED) is 0.486. The molecule has 0 fully saturated rings. The molecule has 0 saturated heterocycles. The Bertz CT molecular complexity index is 1260. The molecule has 2 aromatic rings. The maximum atomic E-state index is 13.8. The Morgan fingerprint density at radius 2 is 2.06 bits per heavy atom. The highest BCUT2D eigenvalue weighted by Gasteiger charge is 2.57. The van der Waals surface area contributed by atoms with Crippen LogP contribution in [0.5, 0.6) is 5.88 Å². The molecule has 0 spiro atoms. The molecule has 13 nitrogen and oxygen atoms in total. The second-order valence-corrected chi connectivity index (χ2v) is 9.16. The monoisotopic (exact) mass is 500 g/mol. The van der Waals surface area contributed by atoms with Crippen LogP contribution in [0.3, 0.4) is 0 Å². The Morgan fingerprint density at radius 1 is 1.28 bits per heavy atom. The summed E-state index contributed by atoms with van der Waals surface area (Å²) in [6.45, 7) is 7.21. The van der Waals surface area contributed by atoms with Crippen molar-refractivity contribution in [2.24, 2.45) is 0 Å². The van der Waals surface area contributed by atoms with Gasteiger partial charge in [0, 0.05) is 25.1 Å². The van der Waals surface area contributed by atoms with Crippen molar-refractivity contribution >= 4 is 11.8 Å². The molecule has 3 unspecified atom stereocenters. The summed E-state index contributed by atoms with van der Waals surface area (Å²) in [4.78, 5) is 36.9. The summed E-state index contributed by atoms with van der Waals surface area (Å²) in [6.07, 6.45) is 2.69. The van der Waals surface area contributed by atoms with Gasteiger partial charge in [0.25, 0.3) is 5.56 Å². The van der Waals surface area contributed by atoms with Crippen LogP contribution in [0, 0.1) is 0 Å². The number of nitrogens with one attached hydrogen (secondary N) is 1. The van der Waals surface area contributed by atoms with Crippen LogP contribution in [0.25, 0.3) is 0 Å². The number of Topliss-reactive ketones (excluding diaryl/α,β-unsaturated/α-hetero) is 1. The number of H-pyrrole nitrogens is 1. The van der Waals surface area contributed by atoms with Crippen LogP contribution in [-0.2, 0) is 25.6 Å². The average molecular weight is 501 g/mol. The standard InChI is InChI=1S/C23H28N6O7/c1-5-34-17(31)7-6-12-29-21(26-27-28-29)13-8-9-14-18(19(13)32)20(23(4,33)22(2,3)36-14)35-16-11-10-15(30)24-25-16/h8-11,13,20,33H,5-7,12H2,1-4H3,(H,24,30). The zero-order chi connectivity index (χ0) is 26.1. The number of aromatic nitrogens is 6. The number of tetrazole rings is 1. The van der Waals surface area contributed by atoms with Gasteiger partial charge in [-0.25, -0.2) is 9.78 Å². The van der Waals surface area contributed by atoms with Crippen molar-refractivity contribution in [2.45, 2.75) is 70.3 Å². The summed E-state index contributed by atoms with van der Waals surface area (Å²) in [6, 6.07) is 2.58. The molecule has 2 N–H and O–H groups in total. The van der Waals surface area contributed by atoms with Crippen LogP contribution < -0.4 is 10.3 Å². The number of allylic oxidation sites excluding steroid dienone is 2. The van der Waals surface area contributed by atoms with Crippen LogP contribution in [0.4, 0.5) is 0 Å². The van der Waals surface area contributed by atoms with Gasteiger partial charge in [-0.05, 0) is 50.6 Å². The van der Waals surface area contributed by atoms with E-state index in [4.69, 9.17) is 14.2 Å². The van der Waals surface area contributed by atoms with Gasteiger partial charge in [-0.3, -0.25) is 14.4 Å². The Balaban J connectivity index is 1.63. The lowest BCUT2D eigenvalue weighted by Gasteiger charge is -2.49. The largest absolute Gasteiger partial charge is 0.484 e. The van der Waals surface area contributed by atoms with Gasteiger partial charge >= 0.3 is 5.97 Å². The van der Waals surface area contributed by atoms with Gasteiger partial charge in [-0.1, -0.05) is 6.08 Å². The minimum Gasteiger partial charge on any atom is -0.484 e. The van der Waals surface area contributed by atoms with E-state index in [0.717, 1.165) is 0 Å². The smallest absolute Gasteiger partial charge is 0.305 e. The van der Waals surface area contributed by atoms with E-state index in [1.165, 1.54) is 23.7 Å². The zero-order valence-corrected chi connectivity index (χ0v) is 20.4. The Labute approximate surface area is 206 Å². The van der Waals surface area contributed by atoms with Crippen molar-refractivity contribution in [1.29, 1.82) is 0 Å². The van der Waals surface area contributed by atoms with E-state index in [-0.39, 0.29) is 35.4 Å². The van der Waals surface area contributed by atoms with Gasteiger partial charge in [-0.2, -0.15) is 0 Å². The summed E-state index contributed by atoms with van der Waals surface area (Å²) < 4.78 is 18.4. The van der Waals surface area contributed by atoms with Crippen molar-refractivity contribution in [3.63, 3.8) is 0 Å². The summed E-state index contributed by atoms with van der Waals surface area (Å²) >= 11 is 0. The Kier molecular flexibility index (Phi) is 6.76. The van der Waals surface area contributed by atoms with E-state index >= 15 is 0 Å². The SMILES string of the molecule is CCOC(=O)CCCn1nnnc1C1C=CC2=C(C1=O)C(Oc1ccc(=O)[nH]n1)C(C)(O)C(C)(C)O2. The predicted octanol–water partition coefficient (Wildman–Crippen LogP) is 0.584. The van der Waals surface area contributed by atoms with Gasteiger partial charge in [0.2, 0.25) is 5.88 Å². The van der Waals surface area contributed by atoms with Gasteiger partial charge in [0.05, 0.1) is 12.2 Å². The summed E-state index contributed by atoms with van der Waals surface area (Å²) in [5.41, 5.74) is -3.13. The van der Waals surface area contributed by atoms with E-state index in [1.807, 2.05) is 0 Å². The van der Waals surface area contributed by atoms with E-state index in [2.05, 4.69) is 25.7 Å². The Hall–Kier alpha value is -3.87. The topological polar surface area (TPSA) is 171 Å². The molecule has 36 heavy (non-hydrogen) atoms. The first-order valence-corrected chi connectivity index (χ1v) is 11.6. The fourth-order valence-corrected chi connectivity index (χ4v) is 4.07. The highest BCUT2D eigenvalue weighted by Crippen LogP contribution is 2.45. The second-order valence-electron chi connectivity index (χ2n) is 9.16. The number of aromatic amines is 1. The fraction of sp³-hybridized carbons (Fsp3) is 0.522. The molecule has 13 heteroatoms. The molecule has 0 radical (unpaired) electrons. The van der Waals surface area contributed by atoms with Gasteiger partial charge in [0.1, 0.15) is 22.9 Å². The number of nitrogens with zero attached hydrogens (tertiary/aromatic N) is 5. The zero-order valence-electron chi connectivity index (χ0n) is 20.4. The number of carbonyl (C=O) groups is 2. The first-order valence-electron chi connectivity index (χ1n) is 11.6. The molecule has 0 bridgehead atoms. The van der Waals surface area contributed by atoms with Crippen LogP contribution >= 0.6 is 0 Å². The molecule has 2 aromatic heterocycles. The highest BCUT2D eigenvalue weighted by molar-refractivity contribution is 6.04. The molecule has 0 aromatic carbocycles. The highest BCUT2D eigenvalue weighted by atomic mass is 16.6. The number of ketones is 1. The third kappa shape index (κ3) is 4.65. The number of carbonyl (C=O) groups excluding carboxylic acids is 2. The molecule has 0 amide bonds. The van der Waals surface area contributed by atoms with Crippen molar-refractivity contribution in [1.82, 2.24) is 30.4 Å². The lowest BCUT2D eigenvalue weighted by atomic mass is 9.73. The number of aryl methyl sites for hydroxylation is 1. The first-order chi connectivity index (χ1) is 17.0. The van der Waals surface area contributed by atoms with Crippen LogP contribution in [-0.4, -0.2) is 71.2 Å². The van der Waals surface area contributed by atoms with Gasteiger partial charge in [0.15, 0.2) is 17.7 Å². The number of esters is 1. The first kappa shape index (κ1) is 25.2. The van der Waals surface area contributed by atoms with E-state index in [1.54, 1.807) is 32.9 Å². The molecule has 1 aliphatic carbocycles. The van der Waals surface area contributed by atoms with Crippen LogP contribution in [0.15, 0.2) is 40.4 Å². The Morgan fingerprint density at radius 3 is 2.75 bits per heavy atom. The van der Waals surface area contributed by atoms with Crippen LogP contribution in [0.1, 0.15) is 52.3 Å². The second kappa shape index (κ2) is 9.64. The minimum atomic E-state index is -1.67. The molecule has 192 valence electrons. The molecule has 3 heterocycles. The summed E-state index contributed by atoms with van der Waals surface area (Å²) in [5.74, 6) is -1.07. The van der Waals surface area contributed by atoms with Gasteiger partial charge < -0.3 is 19.3 Å².